The molecule has 1 heterocycles. The van der Waals surface area contributed by atoms with Gasteiger partial charge in [-0.15, -0.1) is 0 Å². The lowest BCUT2D eigenvalue weighted by Gasteiger charge is -2.03. The van der Waals surface area contributed by atoms with Gasteiger partial charge in [0.05, 0.1) is 5.39 Å². The first-order valence-corrected chi connectivity index (χ1v) is 5.15. The van der Waals surface area contributed by atoms with Gasteiger partial charge in [-0.05, 0) is 35.6 Å². The summed E-state index contributed by atoms with van der Waals surface area (Å²) in [4.78, 5) is 14.1. The van der Waals surface area contributed by atoms with Gasteiger partial charge in [0.2, 0.25) is 0 Å². The normalized spacial score (nSPS) is 10.8. The summed E-state index contributed by atoms with van der Waals surface area (Å²) in [5.41, 5.74) is 0.407. The van der Waals surface area contributed by atoms with E-state index in [0.29, 0.717) is 5.39 Å². The summed E-state index contributed by atoms with van der Waals surface area (Å²) in [6.45, 7) is 1.80. The third kappa shape index (κ3) is 1.33. The Hall–Kier alpha value is -0.910. The van der Waals surface area contributed by atoms with Crippen LogP contribution in [-0.4, -0.2) is 4.98 Å². The maximum absolute atomic E-state index is 13.3. The predicted molar refractivity (Wildman–Crippen MR) is 62.0 cm³/mol. The molecule has 1 aromatic carbocycles. The van der Waals surface area contributed by atoms with Crippen LogP contribution < -0.4 is 5.56 Å². The molecule has 0 spiro atoms. The Labute approximate surface area is 93.3 Å². The number of aryl methyl sites for hydroxylation is 1. The van der Waals surface area contributed by atoms with Crippen LogP contribution in [0.1, 0.15) is 5.69 Å². The second kappa shape index (κ2) is 3.34. The molecule has 1 N–H and O–H groups in total. The van der Waals surface area contributed by atoms with Crippen molar-refractivity contribution in [1.82, 2.24) is 4.98 Å². The van der Waals surface area contributed by atoms with E-state index in [1.54, 1.807) is 19.1 Å². The number of hydrogen-bond donors (Lipinski definition) is 1. The Kier molecular flexibility index (Phi) is 2.30. The van der Waals surface area contributed by atoms with Crippen molar-refractivity contribution in [2.45, 2.75) is 6.92 Å². The van der Waals surface area contributed by atoms with Crippen molar-refractivity contribution in [2.24, 2.45) is 0 Å². The molecule has 0 bridgehead atoms. The van der Waals surface area contributed by atoms with Crippen LogP contribution in [-0.2, 0) is 0 Å². The van der Waals surface area contributed by atoms with Crippen LogP contribution in [0.4, 0.5) is 4.39 Å². The van der Waals surface area contributed by atoms with E-state index in [-0.39, 0.29) is 10.9 Å². The number of hydrogen-bond acceptors (Lipinski definition) is 1. The topological polar surface area (TPSA) is 32.9 Å². The van der Waals surface area contributed by atoms with Gasteiger partial charge in [0.15, 0.2) is 0 Å². The van der Waals surface area contributed by atoms with Crippen molar-refractivity contribution in [3.63, 3.8) is 0 Å². The first-order valence-electron chi connectivity index (χ1n) is 4.08. The Morgan fingerprint density at radius 2 is 2.14 bits per heavy atom. The van der Waals surface area contributed by atoms with E-state index >= 15 is 0 Å². The quantitative estimate of drug-likeness (QED) is 0.746. The zero-order valence-corrected chi connectivity index (χ0v) is 9.55. The molecule has 1 aromatic heterocycles. The van der Waals surface area contributed by atoms with E-state index in [2.05, 4.69) is 27.6 Å². The van der Waals surface area contributed by atoms with Gasteiger partial charge in [0.1, 0.15) is 5.82 Å². The smallest absolute Gasteiger partial charge is 0.259 e. The number of pyridine rings is 1. The van der Waals surface area contributed by atoms with Crippen LogP contribution in [0.15, 0.2) is 23.0 Å². The molecule has 2 nitrogen and oxygen atoms in total. The average molecular weight is 303 g/mol. The summed E-state index contributed by atoms with van der Waals surface area (Å²) in [7, 11) is 0. The van der Waals surface area contributed by atoms with E-state index in [9.17, 15) is 9.18 Å². The van der Waals surface area contributed by atoms with Gasteiger partial charge in [-0.3, -0.25) is 4.79 Å². The molecule has 0 aliphatic rings. The molecule has 72 valence electrons. The minimum absolute atomic E-state index is 0.141. The number of benzene rings is 1. The third-order valence-electron chi connectivity index (χ3n) is 2.11. The van der Waals surface area contributed by atoms with Crippen molar-refractivity contribution in [2.75, 3.05) is 0 Å². The van der Waals surface area contributed by atoms with E-state index in [1.807, 2.05) is 0 Å². The second-order valence-electron chi connectivity index (χ2n) is 3.06. The highest BCUT2D eigenvalue weighted by Gasteiger charge is 2.09. The Balaban J connectivity index is 3.10. The van der Waals surface area contributed by atoms with Crippen LogP contribution in [0, 0.1) is 16.3 Å². The highest BCUT2D eigenvalue weighted by atomic mass is 127. The van der Waals surface area contributed by atoms with Gasteiger partial charge in [-0.1, -0.05) is 12.1 Å². The lowest BCUT2D eigenvalue weighted by Crippen LogP contribution is -2.11. The molecule has 0 unspecified atom stereocenters. The monoisotopic (exact) mass is 303 g/mol. The molecule has 0 aliphatic heterocycles. The first kappa shape index (κ1) is 9.64. The number of nitrogens with one attached hydrogen (secondary N) is 1. The first-order chi connectivity index (χ1) is 6.61. The van der Waals surface area contributed by atoms with Crippen LogP contribution >= 0.6 is 22.6 Å². The molecule has 0 saturated heterocycles. The fourth-order valence-corrected chi connectivity index (χ4v) is 2.01. The van der Waals surface area contributed by atoms with Crippen molar-refractivity contribution in [1.29, 1.82) is 0 Å². The molecule has 2 aromatic rings. The van der Waals surface area contributed by atoms with E-state index in [1.165, 1.54) is 6.07 Å². The van der Waals surface area contributed by atoms with E-state index in [0.717, 1.165) is 9.26 Å². The third-order valence-corrected chi connectivity index (χ3v) is 3.50. The molecule has 0 radical (unpaired) electrons. The summed E-state index contributed by atoms with van der Waals surface area (Å²) in [6, 6.07) is 4.66. The molecule has 14 heavy (non-hydrogen) atoms. The zero-order valence-electron chi connectivity index (χ0n) is 7.40. The minimum atomic E-state index is -0.471. The highest BCUT2D eigenvalue weighted by molar-refractivity contribution is 14.1. The van der Waals surface area contributed by atoms with Gasteiger partial charge in [-0.25, -0.2) is 4.39 Å². The molecule has 0 saturated carbocycles. The number of H-pyrrole nitrogens is 1. The predicted octanol–water partition coefficient (Wildman–Crippen LogP) is 2.58. The average Bonchev–Trinajstić information content (AvgIpc) is 2.14. The summed E-state index contributed by atoms with van der Waals surface area (Å²) in [6.07, 6.45) is 0. The standard InChI is InChI=1S/C10H7FINO/c1-5-9(12)6-3-2-4-7(11)8(6)10(14)13-5/h2-4H,1H3,(H,13,14). The largest absolute Gasteiger partial charge is 0.325 e. The van der Waals surface area contributed by atoms with Crippen molar-refractivity contribution < 1.29 is 4.39 Å². The SMILES string of the molecule is Cc1[nH]c(=O)c2c(F)cccc2c1I. The maximum atomic E-state index is 13.3. The molecule has 0 atom stereocenters. The molecular weight excluding hydrogens is 296 g/mol. The van der Waals surface area contributed by atoms with Crippen LogP contribution in [0.2, 0.25) is 0 Å². The molecular formula is C10H7FINO. The van der Waals surface area contributed by atoms with Crippen LogP contribution in [0.3, 0.4) is 0 Å². The van der Waals surface area contributed by atoms with Gasteiger partial charge in [0.25, 0.3) is 5.56 Å². The summed E-state index contributed by atoms with van der Waals surface area (Å²) < 4.78 is 14.2. The minimum Gasteiger partial charge on any atom is -0.325 e. The number of aromatic amines is 1. The fraction of sp³-hybridized carbons (Fsp3) is 0.100. The number of rotatable bonds is 0. The number of aromatic nitrogens is 1. The van der Waals surface area contributed by atoms with E-state index < -0.39 is 5.82 Å². The zero-order chi connectivity index (χ0) is 10.3. The second-order valence-corrected chi connectivity index (χ2v) is 4.13. The summed E-state index contributed by atoms with van der Waals surface area (Å²) in [5, 5.41) is 0.814. The van der Waals surface area contributed by atoms with Gasteiger partial charge in [0, 0.05) is 14.7 Å². The van der Waals surface area contributed by atoms with Gasteiger partial charge in [-0.2, -0.15) is 0 Å². The Morgan fingerprint density at radius 3 is 2.86 bits per heavy atom. The van der Waals surface area contributed by atoms with Crippen molar-refractivity contribution in [3.8, 4) is 0 Å². The number of fused-ring (bicyclic) bond motifs is 1. The van der Waals surface area contributed by atoms with Crippen molar-refractivity contribution in [3.05, 3.63) is 43.6 Å². The molecule has 0 amide bonds. The lowest BCUT2D eigenvalue weighted by atomic mass is 10.1. The van der Waals surface area contributed by atoms with E-state index in [4.69, 9.17) is 0 Å². The lowest BCUT2D eigenvalue weighted by molar-refractivity contribution is 0.638. The molecule has 0 fully saturated rings. The van der Waals surface area contributed by atoms with Gasteiger partial charge < -0.3 is 4.98 Å². The molecule has 2 rings (SSSR count). The van der Waals surface area contributed by atoms with Gasteiger partial charge >= 0.3 is 0 Å². The Morgan fingerprint density at radius 1 is 1.43 bits per heavy atom. The van der Waals surface area contributed by atoms with Crippen LogP contribution in [0.5, 0.6) is 0 Å². The van der Waals surface area contributed by atoms with Crippen LogP contribution in [0.25, 0.3) is 10.8 Å². The molecule has 4 heteroatoms. The van der Waals surface area contributed by atoms with Crippen molar-refractivity contribution >= 4 is 33.4 Å². The maximum Gasteiger partial charge on any atom is 0.259 e. The Bertz CT molecular complexity index is 562. The number of halogens is 2. The molecule has 0 aliphatic carbocycles. The highest BCUT2D eigenvalue weighted by Crippen LogP contribution is 2.21. The fourth-order valence-electron chi connectivity index (χ4n) is 1.43. The summed E-state index contributed by atoms with van der Waals surface area (Å²) in [5.74, 6) is -0.471. The summed E-state index contributed by atoms with van der Waals surface area (Å²) >= 11 is 2.10.